The second-order valence-corrected chi connectivity index (χ2v) is 5.34. The third-order valence-electron chi connectivity index (χ3n) is 3.26. The van der Waals surface area contributed by atoms with Gasteiger partial charge in [0.15, 0.2) is 0 Å². The van der Waals surface area contributed by atoms with Crippen LogP contribution in [0.2, 0.25) is 0 Å². The van der Waals surface area contributed by atoms with E-state index in [1.165, 1.54) is 6.07 Å². The van der Waals surface area contributed by atoms with E-state index in [2.05, 4.69) is 5.32 Å². The highest BCUT2D eigenvalue weighted by Crippen LogP contribution is 2.11. The Morgan fingerprint density at radius 1 is 1.27 bits per heavy atom. The molecule has 114 valence electrons. The van der Waals surface area contributed by atoms with Crippen LogP contribution in [0.5, 0.6) is 0 Å². The van der Waals surface area contributed by atoms with Gasteiger partial charge in [-0.15, -0.1) is 0 Å². The van der Waals surface area contributed by atoms with Gasteiger partial charge in [-0.3, -0.25) is 9.59 Å². The van der Waals surface area contributed by atoms with Crippen LogP contribution in [0.4, 0.5) is 5.69 Å². The van der Waals surface area contributed by atoms with Gasteiger partial charge < -0.3 is 15.6 Å². The molecular weight excluding hydrogens is 298 g/mol. The van der Waals surface area contributed by atoms with E-state index in [9.17, 15) is 9.59 Å². The molecule has 1 amide bonds. The van der Waals surface area contributed by atoms with Gasteiger partial charge in [-0.2, -0.15) is 0 Å². The SMILES string of the molecule is Cc1cccc(=O)n1CCC(=O)Nc1cccc(C(N)=S)c1. The second kappa shape index (κ2) is 7.00. The number of rotatable bonds is 5. The lowest BCUT2D eigenvalue weighted by atomic mass is 10.2. The van der Waals surface area contributed by atoms with E-state index in [1.807, 2.05) is 13.0 Å². The normalized spacial score (nSPS) is 10.2. The number of aromatic nitrogens is 1. The molecule has 3 N–H and O–H groups in total. The molecule has 22 heavy (non-hydrogen) atoms. The lowest BCUT2D eigenvalue weighted by molar-refractivity contribution is -0.116. The molecule has 1 aromatic heterocycles. The van der Waals surface area contributed by atoms with Crippen LogP contribution in [0.1, 0.15) is 17.7 Å². The Bertz CT molecular complexity index is 768. The van der Waals surface area contributed by atoms with Gasteiger partial charge in [0.05, 0.1) is 0 Å². The first kappa shape index (κ1) is 15.9. The standard InChI is InChI=1S/C16H17N3O2S/c1-11-4-2-7-15(21)19(11)9-8-14(20)18-13-6-3-5-12(10-13)16(17)22/h2-7,10H,8-9H2,1H3,(H2,17,22)(H,18,20). The molecule has 2 aromatic rings. The molecule has 1 heterocycles. The molecule has 0 unspecified atom stereocenters. The Morgan fingerprint density at radius 2 is 2.00 bits per heavy atom. The average molecular weight is 315 g/mol. The summed E-state index contributed by atoms with van der Waals surface area (Å²) in [7, 11) is 0. The average Bonchev–Trinajstić information content (AvgIpc) is 2.47. The zero-order valence-electron chi connectivity index (χ0n) is 12.2. The number of hydrogen-bond acceptors (Lipinski definition) is 3. The van der Waals surface area contributed by atoms with Crippen molar-refractivity contribution in [1.82, 2.24) is 4.57 Å². The van der Waals surface area contributed by atoms with Gasteiger partial charge in [-0.05, 0) is 25.1 Å². The van der Waals surface area contributed by atoms with Gasteiger partial charge in [0.1, 0.15) is 4.99 Å². The summed E-state index contributed by atoms with van der Waals surface area (Å²) < 4.78 is 1.57. The first-order valence-electron chi connectivity index (χ1n) is 6.83. The molecule has 0 saturated carbocycles. The Labute approximate surface area is 133 Å². The van der Waals surface area contributed by atoms with Crippen molar-refractivity contribution in [2.24, 2.45) is 5.73 Å². The molecule has 2 rings (SSSR count). The molecular formula is C16H17N3O2S. The number of hydrogen-bond donors (Lipinski definition) is 2. The highest BCUT2D eigenvalue weighted by Gasteiger charge is 2.06. The summed E-state index contributed by atoms with van der Waals surface area (Å²) in [6, 6.07) is 12.1. The van der Waals surface area contributed by atoms with Crippen molar-refractivity contribution in [3.8, 4) is 0 Å². The number of benzene rings is 1. The minimum Gasteiger partial charge on any atom is -0.389 e. The molecule has 6 heteroatoms. The number of nitrogens with two attached hydrogens (primary N) is 1. The molecule has 0 radical (unpaired) electrons. The van der Waals surface area contributed by atoms with E-state index in [0.29, 0.717) is 17.8 Å². The molecule has 1 aromatic carbocycles. The van der Waals surface area contributed by atoms with Gasteiger partial charge in [-0.1, -0.05) is 30.4 Å². The summed E-state index contributed by atoms with van der Waals surface area (Å²) in [4.78, 5) is 24.0. The van der Waals surface area contributed by atoms with Crippen molar-refractivity contribution in [1.29, 1.82) is 0 Å². The zero-order chi connectivity index (χ0) is 16.1. The van der Waals surface area contributed by atoms with Crippen LogP contribution >= 0.6 is 12.2 Å². The van der Waals surface area contributed by atoms with E-state index in [1.54, 1.807) is 34.9 Å². The molecule has 0 atom stereocenters. The molecule has 0 bridgehead atoms. The summed E-state index contributed by atoms with van der Waals surface area (Å²) in [6.07, 6.45) is 0.210. The fourth-order valence-electron chi connectivity index (χ4n) is 2.10. The van der Waals surface area contributed by atoms with Crippen LogP contribution in [-0.4, -0.2) is 15.5 Å². The molecule has 0 saturated heterocycles. The number of thiocarbonyl (C=S) groups is 1. The van der Waals surface area contributed by atoms with E-state index >= 15 is 0 Å². The third-order valence-corrected chi connectivity index (χ3v) is 3.50. The topological polar surface area (TPSA) is 77.1 Å². The quantitative estimate of drug-likeness (QED) is 0.825. The van der Waals surface area contributed by atoms with Crippen LogP contribution in [0, 0.1) is 6.92 Å². The van der Waals surface area contributed by atoms with Gasteiger partial charge in [0.25, 0.3) is 5.56 Å². The van der Waals surface area contributed by atoms with Crippen molar-refractivity contribution in [3.05, 3.63) is 64.1 Å². The minimum absolute atomic E-state index is 0.108. The minimum atomic E-state index is -0.171. The molecule has 0 spiro atoms. The monoisotopic (exact) mass is 315 g/mol. The third kappa shape index (κ3) is 4.02. The summed E-state index contributed by atoms with van der Waals surface area (Å²) in [5, 5.41) is 2.78. The zero-order valence-corrected chi connectivity index (χ0v) is 13.0. The Morgan fingerprint density at radius 3 is 2.68 bits per heavy atom. The van der Waals surface area contributed by atoms with Crippen molar-refractivity contribution in [3.63, 3.8) is 0 Å². The fourth-order valence-corrected chi connectivity index (χ4v) is 2.22. The van der Waals surface area contributed by atoms with E-state index < -0.39 is 0 Å². The van der Waals surface area contributed by atoms with Crippen LogP contribution < -0.4 is 16.6 Å². The number of nitrogens with one attached hydrogen (secondary N) is 1. The summed E-state index contributed by atoms with van der Waals surface area (Å²) >= 11 is 4.91. The maximum absolute atomic E-state index is 12.0. The maximum Gasteiger partial charge on any atom is 0.250 e. The van der Waals surface area contributed by atoms with Crippen LogP contribution in [0.3, 0.4) is 0 Å². The molecule has 5 nitrogen and oxygen atoms in total. The number of pyridine rings is 1. The Balaban J connectivity index is 2.00. The largest absolute Gasteiger partial charge is 0.389 e. The van der Waals surface area contributed by atoms with Crippen molar-refractivity contribution < 1.29 is 4.79 Å². The maximum atomic E-state index is 12.0. The molecule has 0 aliphatic heterocycles. The second-order valence-electron chi connectivity index (χ2n) is 4.90. The van der Waals surface area contributed by atoms with Crippen LogP contribution in [0.15, 0.2) is 47.3 Å². The van der Waals surface area contributed by atoms with E-state index in [4.69, 9.17) is 18.0 Å². The smallest absolute Gasteiger partial charge is 0.250 e. The fraction of sp³-hybridized carbons (Fsp3) is 0.188. The lowest BCUT2D eigenvalue weighted by Crippen LogP contribution is -2.24. The van der Waals surface area contributed by atoms with Crippen molar-refractivity contribution in [2.45, 2.75) is 19.9 Å². The highest BCUT2D eigenvalue weighted by atomic mass is 32.1. The van der Waals surface area contributed by atoms with Crippen LogP contribution in [0.25, 0.3) is 0 Å². The number of nitrogens with zero attached hydrogens (tertiary/aromatic N) is 1. The first-order chi connectivity index (χ1) is 10.5. The van der Waals surface area contributed by atoms with Gasteiger partial charge in [0, 0.05) is 36.0 Å². The van der Waals surface area contributed by atoms with Crippen LogP contribution in [-0.2, 0) is 11.3 Å². The molecule has 0 aliphatic rings. The number of carbonyl (C=O) groups excluding carboxylic acids is 1. The van der Waals surface area contributed by atoms with Crippen molar-refractivity contribution in [2.75, 3.05) is 5.32 Å². The van der Waals surface area contributed by atoms with E-state index in [-0.39, 0.29) is 22.9 Å². The number of amides is 1. The lowest BCUT2D eigenvalue weighted by Gasteiger charge is -2.10. The first-order valence-corrected chi connectivity index (χ1v) is 7.24. The Hall–Kier alpha value is -2.47. The highest BCUT2D eigenvalue weighted by molar-refractivity contribution is 7.80. The number of carbonyl (C=O) groups is 1. The van der Waals surface area contributed by atoms with E-state index in [0.717, 1.165) is 5.69 Å². The van der Waals surface area contributed by atoms with Crippen molar-refractivity contribution >= 4 is 28.8 Å². The summed E-state index contributed by atoms with van der Waals surface area (Å²) in [5.41, 5.74) is 7.61. The summed E-state index contributed by atoms with van der Waals surface area (Å²) in [6.45, 7) is 2.18. The Kier molecular flexibility index (Phi) is 5.06. The molecule has 0 aliphatic carbocycles. The number of aryl methyl sites for hydroxylation is 1. The summed E-state index contributed by atoms with van der Waals surface area (Å²) in [5.74, 6) is -0.171. The van der Waals surface area contributed by atoms with Gasteiger partial charge >= 0.3 is 0 Å². The predicted octanol–water partition coefficient (Wildman–Crippen LogP) is 1.82. The van der Waals surface area contributed by atoms with Gasteiger partial charge in [-0.25, -0.2) is 0 Å². The molecule has 0 fully saturated rings. The predicted molar refractivity (Wildman–Crippen MR) is 91.0 cm³/mol. The number of anilines is 1. The van der Waals surface area contributed by atoms with Gasteiger partial charge in [0.2, 0.25) is 5.91 Å².